The molecule has 0 aliphatic carbocycles. The molecule has 2 amide bonds. The van der Waals surface area contributed by atoms with Gasteiger partial charge in [-0.2, -0.15) is 0 Å². The monoisotopic (exact) mass is 258 g/mol. The molecule has 0 aliphatic heterocycles. The molecule has 0 bridgehead atoms. The largest absolute Gasteiger partial charge is 0.359 e. The second kappa shape index (κ2) is 5.14. The van der Waals surface area contributed by atoms with Crippen molar-refractivity contribution >= 4 is 17.5 Å². The van der Waals surface area contributed by atoms with E-state index in [0.717, 1.165) is 0 Å². The highest BCUT2D eigenvalue weighted by molar-refractivity contribution is 5.98. The van der Waals surface area contributed by atoms with Gasteiger partial charge in [0.1, 0.15) is 5.76 Å². The number of urea groups is 1. The molecule has 0 atom stereocenters. The maximum atomic E-state index is 11.7. The van der Waals surface area contributed by atoms with Gasteiger partial charge in [0.2, 0.25) is 0 Å². The third-order valence-corrected chi connectivity index (χ3v) is 2.45. The Morgan fingerprint density at radius 3 is 2.68 bits per heavy atom. The summed E-state index contributed by atoms with van der Waals surface area (Å²) in [5.74, 6) is 1.10. The van der Waals surface area contributed by atoms with E-state index in [4.69, 9.17) is 4.52 Å². The standard InChI is InChI=1S/C14H16N3O2/c1-14(2,3)11-9-12(17-19-11)16-13(18)15-10-7-5-4-6-8-10/h4-7,9H,1-3H3,(H2,15,16,17,18). The number of benzene rings is 1. The first kappa shape index (κ1) is 13.1. The zero-order valence-corrected chi connectivity index (χ0v) is 11.2. The minimum atomic E-state index is -0.379. The van der Waals surface area contributed by atoms with Crippen LogP contribution in [0.15, 0.2) is 34.9 Å². The first-order valence-electron chi connectivity index (χ1n) is 5.97. The van der Waals surface area contributed by atoms with E-state index in [-0.39, 0.29) is 11.4 Å². The average Bonchev–Trinajstić information content (AvgIpc) is 2.78. The summed E-state index contributed by atoms with van der Waals surface area (Å²) in [6, 6.07) is 11.4. The summed E-state index contributed by atoms with van der Waals surface area (Å²) in [5, 5.41) is 9.07. The number of amides is 2. The molecule has 99 valence electrons. The highest BCUT2D eigenvalue weighted by Crippen LogP contribution is 2.24. The molecule has 19 heavy (non-hydrogen) atoms. The predicted octanol–water partition coefficient (Wildman–Crippen LogP) is 3.42. The van der Waals surface area contributed by atoms with Gasteiger partial charge in [0, 0.05) is 17.5 Å². The van der Waals surface area contributed by atoms with Crippen LogP contribution >= 0.6 is 0 Å². The van der Waals surface area contributed by atoms with Crippen LogP contribution in [-0.4, -0.2) is 11.2 Å². The van der Waals surface area contributed by atoms with Gasteiger partial charge in [0.05, 0.1) is 5.69 Å². The SMILES string of the molecule is CC(C)(C)c1cc(NC(=O)Nc2[c]cccc2)no1. The molecule has 0 saturated carbocycles. The second-order valence-corrected chi connectivity index (χ2v) is 5.18. The number of hydrogen-bond acceptors (Lipinski definition) is 3. The minimum absolute atomic E-state index is 0.142. The van der Waals surface area contributed by atoms with Gasteiger partial charge >= 0.3 is 6.03 Å². The number of para-hydroxylation sites is 1. The Bertz CT molecular complexity index is 556. The Hall–Kier alpha value is -2.30. The molecule has 0 unspecified atom stereocenters. The van der Waals surface area contributed by atoms with Gasteiger partial charge in [0.25, 0.3) is 0 Å². The third kappa shape index (κ3) is 3.58. The summed E-state index contributed by atoms with van der Waals surface area (Å²) in [6.45, 7) is 6.03. The fourth-order valence-corrected chi connectivity index (χ4v) is 1.43. The Balaban J connectivity index is 1.98. The molecular weight excluding hydrogens is 242 g/mol. The molecule has 1 aromatic heterocycles. The van der Waals surface area contributed by atoms with E-state index >= 15 is 0 Å². The first-order valence-corrected chi connectivity index (χ1v) is 5.97. The molecule has 5 heteroatoms. The fraction of sp³-hybridized carbons (Fsp3) is 0.286. The van der Waals surface area contributed by atoms with Crippen LogP contribution in [0, 0.1) is 6.07 Å². The van der Waals surface area contributed by atoms with Gasteiger partial charge in [-0.05, 0) is 6.07 Å². The number of hydrogen-bond donors (Lipinski definition) is 2. The fourth-order valence-electron chi connectivity index (χ4n) is 1.43. The highest BCUT2D eigenvalue weighted by Gasteiger charge is 2.20. The van der Waals surface area contributed by atoms with Crippen molar-refractivity contribution in [3.8, 4) is 0 Å². The lowest BCUT2D eigenvalue weighted by Crippen LogP contribution is -2.19. The van der Waals surface area contributed by atoms with Crippen LogP contribution in [0.4, 0.5) is 16.3 Å². The van der Waals surface area contributed by atoms with Crippen molar-refractivity contribution < 1.29 is 9.32 Å². The Kier molecular flexibility index (Phi) is 3.55. The summed E-state index contributed by atoms with van der Waals surface area (Å²) in [6.07, 6.45) is 0. The van der Waals surface area contributed by atoms with Crippen molar-refractivity contribution in [2.75, 3.05) is 10.6 Å². The third-order valence-electron chi connectivity index (χ3n) is 2.45. The van der Waals surface area contributed by atoms with Gasteiger partial charge < -0.3 is 9.84 Å². The molecule has 0 aliphatic rings. The Labute approximate surface area is 112 Å². The van der Waals surface area contributed by atoms with Crippen LogP contribution in [0.1, 0.15) is 26.5 Å². The Morgan fingerprint density at radius 2 is 2.11 bits per heavy atom. The van der Waals surface area contributed by atoms with Crippen molar-refractivity contribution in [3.05, 3.63) is 42.2 Å². The number of aromatic nitrogens is 1. The van der Waals surface area contributed by atoms with E-state index in [1.54, 1.807) is 18.2 Å². The van der Waals surface area contributed by atoms with Crippen molar-refractivity contribution in [2.45, 2.75) is 26.2 Å². The van der Waals surface area contributed by atoms with Crippen LogP contribution in [0.2, 0.25) is 0 Å². The molecule has 5 nitrogen and oxygen atoms in total. The predicted molar refractivity (Wildman–Crippen MR) is 73.1 cm³/mol. The molecule has 1 radical (unpaired) electrons. The maximum Gasteiger partial charge on any atom is 0.324 e. The molecule has 0 spiro atoms. The smallest absolute Gasteiger partial charge is 0.324 e. The number of carbonyl (C=O) groups is 1. The van der Waals surface area contributed by atoms with Gasteiger partial charge in [-0.15, -0.1) is 0 Å². The average molecular weight is 258 g/mol. The number of nitrogens with one attached hydrogen (secondary N) is 2. The van der Waals surface area contributed by atoms with Gasteiger partial charge in [-0.1, -0.05) is 44.1 Å². The number of rotatable bonds is 2. The topological polar surface area (TPSA) is 67.2 Å². The van der Waals surface area contributed by atoms with Crippen LogP contribution in [0.5, 0.6) is 0 Å². The van der Waals surface area contributed by atoms with E-state index in [0.29, 0.717) is 17.3 Å². The molecule has 2 aromatic rings. The van der Waals surface area contributed by atoms with E-state index in [9.17, 15) is 4.79 Å². The van der Waals surface area contributed by atoms with Crippen LogP contribution in [0.3, 0.4) is 0 Å². The van der Waals surface area contributed by atoms with E-state index in [1.165, 1.54) is 0 Å². The lowest BCUT2D eigenvalue weighted by atomic mass is 9.93. The number of anilines is 2. The van der Waals surface area contributed by atoms with Crippen molar-refractivity contribution in [1.29, 1.82) is 0 Å². The Morgan fingerprint density at radius 1 is 1.32 bits per heavy atom. The quantitative estimate of drug-likeness (QED) is 0.867. The summed E-state index contributed by atoms with van der Waals surface area (Å²) >= 11 is 0. The normalized spacial score (nSPS) is 11.1. The first-order chi connectivity index (χ1) is 8.95. The summed E-state index contributed by atoms with van der Waals surface area (Å²) < 4.78 is 5.18. The molecular formula is C14H16N3O2. The molecule has 0 fully saturated rings. The summed E-state index contributed by atoms with van der Waals surface area (Å²) in [7, 11) is 0. The molecule has 1 aromatic carbocycles. The zero-order chi connectivity index (χ0) is 13.9. The molecule has 2 N–H and O–H groups in total. The lowest BCUT2D eigenvalue weighted by Gasteiger charge is -2.12. The molecule has 2 rings (SSSR count). The van der Waals surface area contributed by atoms with Crippen LogP contribution < -0.4 is 10.6 Å². The van der Waals surface area contributed by atoms with E-state index in [2.05, 4.69) is 21.9 Å². The minimum Gasteiger partial charge on any atom is -0.359 e. The number of carbonyl (C=O) groups excluding carboxylic acids is 1. The van der Waals surface area contributed by atoms with Crippen molar-refractivity contribution in [2.24, 2.45) is 0 Å². The molecule has 1 heterocycles. The van der Waals surface area contributed by atoms with Gasteiger partial charge in [-0.3, -0.25) is 5.32 Å². The van der Waals surface area contributed by atoms with E-state index in [1.807, 2.05) is 32.9 Å². The lowest BCUT2D eigenvalue weighted by molar-refractivity contribution is 0.262. The van der Waals surface area contributed by atoms with E-state index < -0.39 is 0 Å². The zero-order valence-electron chi connectivity index (χ0n) is 11.2. The van der Waals surface area contributed by atoms with Crippen LogP contribution in [-0.2, 0) is 5.41 Å². The van der Waals surface area contributed by atoms with Crippen molar-refractivity contribution in [3.63, 3.8) is 0 Å². The van der Waals surface area contributed by atoms with Crippen molar-refractivity contribution in [1.82, 2.24) is 5.16 Å². The highest BCUT2D eigenvalue weighted by atomic mass is 16.5. The maximum absolute atomic E-state index is 11.7. The summed E-state index contributed by atoms with van der Waals surface area (Å²) in [5.41, 5.74) is 0.455. The van der Waals surface area contributed by atoms with Gasteiger partial charge in [-0.25, -0.2) is 4.79 Å². The second-order valence-electron chi connectivity index (χ2n) is 5.18. The summed E-state index contributed by atoms with van der Waals surface area (Å²) in [4.78, 5) is 11.7. The van der Waals surface area contributed by atoms with Crippen LogP contribution in [0.25, 0.3) is 0 Å². The molecule has 0 saturated heterocycles. The number of nitrogens with zero attached hydrogens (tertiary/aromatic N) is 1. The van der Waals surface area contributed by atoms with Gasteiger partial charge in [0.15, 0.2) is 5.82 Å².